The number of phenols is 1. The van der Waals surface area contributed by atoms with Crippen LogP contribution in [-0.4, -0.2) is 22.4 Å². The lowest BCUT2D eigenvalue weighted by atomic mass is 10.1. The van der Waals surface area contributed by atoms with Gasteiger partial charge in [-0.3, -0.25) is 0 Å². The summed E-state index contributed by atoms with van der Waals surface area (Å²) in [6.07, 6.45) is 2.29. The number of amidine groups is 1. The van der Waals surface area contributed by atoms with E-state index in [0.29, 0.717) is 5.75 Å². The van der Waals surface area contributed by atoms with Crippen LogP contribution in [0.25, 0.3) is 0 Å². The average molecular weight is 188 g/mol. The van der Waals surface area contributed by atoms with Gasteiger partial charge in [0, 0.05) is 25.6 Å². The highest BCUT2D eigenvalue weighted by Crippen LogP contribution is 2.32. The summed E-state index contributed by atoms with van der Waals surface area (Å²) >= 11 is 0. The number of aliphatic imine (C=N–C) groups is 1. The molecule has 0 atom stereocenters. The van der Waals surface area contributed by atoms with Gasteiger partial charge in [-0.25, -0.2) is 4.99 Å². The molecule has 0 bridgehead atoms. The zero-order chi connectivity index (χ0) is 9.54. The van der Waals surface area contributed by atoms with Crippen LogP contribution in [0, 0.1) is 0 Å². The number of hydrogen-bond donors (Lipinski definition) is 1. The Balaban J connectivity index is 2.09. The van der Waals surface area contributed by atoms with E-state index < -0.39 is 0 Å². The van der Waals surface area contributed by atoms with Gasteiger partial charge in [-0.15, -0.1) is 0 Å². The quantitative estimate of drug-likeness (QED) is 0.676. The molecule has 2 aliphatic rings. The summed E-state index contributed by atoms with van der Waals surface area (Å²) < 4.78 is 0. The van der Waals surface area contributed by atoms with E-state index in [9.17, 15) is 5.11 Å². The molecule has 3 nitrogen and oxygen atoms in total. The van der Waals surface area contributed by atoms with Crippen LogP contribution in [0.3, 0.4) is 0 Å². The van der Waals surface area contributed by atoms with E-state index in [1.165, 1.54) is 17.8 Å². The maximum absolute atomic E-state index is 9.35. The molecule has 72 valence electrons. The molecule has 0 unspecified atom stereocenters. The van der Waals surface area contributed by atoms with Crippen LogP contribution >= 0.6 is 0 Å². The number of nitrogens with zero attached hydrogens (tertiary/aromatic N) is 2. The molecule has 0 aromatic heterocycles. The van der Waals surface area contributed by atoms with Crippen molar-refractivity contribution in [2.75, 3.05) is 6.54 Å². The van der Waals surface area contributed by atoms with E-state index in [1.54, 1.807) is 12.1 Å². The third-order valence-corrected chi connectivity index (χ3v) is 2.87. The van der Waals surface area contributed by atoms with Crippen molar-refractivity contribution in [2.24, 2.45) is 4.99 Å². The zero-order valence-corrected chi connectivity index (χ0v) is 7.90. The van der Waals surface area contributed by atoms with Crippen LogP contribution in [0.2, 0.25) is 0 Å². The van der Waals surface area contributed by atoms with Gasteiger partial charge in [0.1, 0.15) is 11.6 Å². The first-order chi connectivity index (χ1) is 6.83. The maximum atomic E-state index is 9.35. The van der Waals surface area contributed by atoms with E-state index in [1.807, 2.05) is 6.07 Å². The Morgan fingerprint density at radius 3 is 3.21 bits per heavy atom. The molecule has 3 rings (SSSR count). The number of benzene rings is 1. The van der Waals surface area contributed by atoms with Gasteiger partial charge in [-0.1, -0.05) is 6.07 Å². The normalized spacial score (nSPS) is 18.9. The highest BCUT2D eigenvalue weighted by atomic mass is 16.3. The van der Waals surface area contributed by atoms with E-state index in [2.05, 4.69) is 9.89 Å². The fourth-order valence-electron chi connectivity index (χ4n) is 2.15. The van der Waals surface area contributed by atoms with Crippen molar-refractivity contribution in [3.63, 3.8) is 0 Å². The molecule has 0 saturated carbocycles. The van der Waals surface area contributed by atoms with Crippen LogP contribution in [0.15, 0.2) is 23.2 Å². The lowest BCUT2D eigenvalue weighted by Crippen LogP contribution is -2.26. The lowest BCUT2D eigenvalue weighted by molar-refractivity contribution is 0.441. The molecule has 0 aliphatic carbocycles. The Morgan fingerprint density at radius 2 is 2.29 bits per heavy atom. The molecule has 0 spiro atoms. The van der Waals surface area contributed by atoms with Crippen LogP contribution in [0.5, 0.6) is 5.75 Å². The standard InChI is InChI=1S/C11H12N2O/c14-9-4-3-8-7-13-5-1-2-11(13)12-10(8)6-9/h3-4,6,14H,1-2,5,7H2. The number of rotatable bonds is 0. The summed E-state index contributed by atoms with van der Waals surface area (Å²) in [6.45, 7) is 2.08. The minimum absolute atomic E-state index is 0.305. The van der Waals surface area contributed by atoms with Crippen LogP contribution < -0.4 is 0 Å². The molecule has 1 N–H and O–H groups in total. The van der Waals surface area contributed by atoms with E-state index in [0.717, 1.165) is 25.2 Å². The minimum atomic E-state index is 0.305. The molecule has 1 fully saturated rings. The summed E-state index contributed by atoms with van der Waals surface area (Å²) in [4.78, 5) is 6.87. The van der Waals surface area contributed by atoms with Crippen molar-refractivity contribution < 1.29 is 5.11 Å². The fourth-order valence-corrected chi connectivity index (χ4v) is 2.15. The first kappa shape index (κ1) is 7.85. The molecule has 2 heterocycles. The average Bonchev–Trinajstić information content (AvgIpc) is 2.61. The topological polar surface area (TPSA) is 35.8 Å². The highest BCUT2D eigenvalue weighted by molar-refractivity contribution is 5.88. The first-order valence-electron chi connectivity index (χ1n) is 4.97. The number of hydrogen-bond acceptors (Lipinski definition) is 3. The predicted molar refractivity (Wildman–Crippen MR) is 54.8 cm³/mol. The monoisotopic (exact) mass is 188 g/mol. The molecule has 1 saturated heterocycles. The predicted octanol–water partition coefficient (Wildman–Crippen LogP) is 2.03. The van der Waals surface area contributed by atoms with Gasteiger partial charge in [-0.2, -0.15) is 0 Å². The molecule has 1 aromatic carbocycles. The van der Waals surface area contributed by atoms with Gasteiger partial charge >= 0.3 is 0 Å². The smallest absolute Gasteiger partial charge is 0.117 e. The molecule has 1 aromatic rings. The van der Waals surface area contributed by atoms with Gasteiger partial charge in [0.15, 0.2) is 0 Å². The largest absolute Gasteiger partial charge is 0.508 e. The van der Waals surface area contributed by atoms with Crippen molar-refractivity contribution in [3.05, 3.63) is 23.8 Å². The molecule has 0 radical (unpaired) electrons. The Hall–Kier alpha value is -1.51. The molecule has 2 aliphatic heterocycles. The minimum Gasteiger partial charge on any atom is -0.508 e. The Bertz CT molecular complexity index is 412. The van der Waals surface area contributed by atoms with E-state index in [-0.39, 0.29) is 0 Å². The first-order valence-corrected chi connectivity index (χ1v) is 4.97. The van der Waals surface area contributed by atoms with Crippen molar-refractivity contribution in [2.45, 2.75) is 19.4 Å². The Kier molecular flexibility index (Phi) is 1.54. The SMILES string of the molecule is Oc1ccc2c(c1)N=C1CCCN1C2. The van der Waals surface area contributed by atoms with E-state index in [4.69, 9.17) is 0 Å². The molecule has 3 heteroatoms. The fraction of sp³-hybridized carbons (Fsp3) is 0.364. The number of aromatic hydroxyl groups is 1. The third kappa shape index (κ3) is 1.09. The van der Waals surface area contributed by atoms with E-state index >= 15 is 0 Å². The van der Waals surface area contributed by atoms with Gasteiger partial charge < -0.3 is 10.0 Å². The Morgan fingerprint density at radius 1 is 1.36 bits per heavy atom. The molecular formula is C11H12N2O. The van der Waals surface area contributed by atoms with Crippen LogP contribution in [-0.2, 0) is 6.54 Å². The maximum Gasteiger partial charge on any atom is 0.117 e. The van der Waals surface area contributed by atoms with Crippen LogP contribution in [0.1, 0.15) is 18.4 Å². The van der Waals surface area contributed by atoms with Gasteiger partial charge in [0.2, 0.25) is 0 Å². The second-order valence-electron chi connectivity index (χ2n) is 3.87. The summed E-state index contributed by atoms with van der Waals surface area (Å²) in [5.41, 5.74) is 2.16. The van der Waals surface area contributed by atoms with Gasteiger partial charge in [0.05, 0.1) is 5.69 Å². The molecule has 14 heavy (non-hydrogen) atoms. The van der Waals surface area contributed by atoms with Gasteiger partial charge in [-0.05, 0) is 18.1 Å². The van der Waals surface area contributed by atoms with Crippen molar-refractivity contribution >= 4 is 11.5 Å². The molecular weight excluding hydrogens is 176 g/mol. The lowest BCUT2D eigenvalue weighted by Gasteiger charge is -2.24. The summed E-state index contributed by atoms with van der Waals surface area (Å²) in [5.74, 6) is 1.49. The van der Waals surface area contributed by atoms with Gasteiger partial charge in [0.25, 0.3) is 0 Å². The Labute approximate surface area is 82.7 Å². The molecule has 0 amide bonds. The van der Waals surface area contributed by atoms with Crippen molar-refractivity contribution in [1.29, 1.82) is 0 Å². The summed E-state index contributed by atoms with van der Waals surface area (Å²) in [6, 6.07) is 5.44. The summed E-state index contributed by atoms with van der Waals surface area (Å²) in [7, 11) is 0. The second-order valence-corrected chi connectivity index (χ2v) is 3.87. The highest BCUT2D eigenvalue weighted by Gasteiger charge is 2.23. The van der Waals surface area contributed by atoms with Crippen LogP contribution in [0.4, 0.5) is 5.69 Å². The van der Waals surface area contributed by atoms with Crippen molar-refractivity contribution in [3.8, 4) is 5.75 Å². The second kappa shape index (κ2) is 2.74. The number of phenolic OH excluding ortho intramolecular Hbond substituents is 1. The van der Waals surface area contributed by atoms with Crippen molar-refractivity contribution in [1.82, 2.24) is 4.90 Å². The zero-order valence-electron chi connectivity index (χ0n) is 7.90. The summed E-state index contributed by atoms with van der Waals surface area (Å²) in [5, 5.41) is 9.35. The third-order valence-electron chi connectivity index (χ3n) is 2.87. The number of fused-ring (bicyclic) bond motifs is 2.